The molecule has 0 radical (unpaired) electrons. The summed E-state index contributed by atoms with van der Waals surface area (Å²) >= 11 is 0. The van der Waals surface area contributed by atoms with E-state index in [1.165, 1.54) is 44.1 Å². The second-order valence-corrected chi connectivity index (χ2v) is 11.6. The van der Waals surface area contributed by atoms with E-state index in [1.807, 2.05) is 0 Å². The van der Waals surface area contributed by atoms with E-state index in [1.54, 1.807) is 5.57 Å². The van der Waals surface area contributed by atoms with Crippen LogP contribution in [0.3, 0.4) is 0 Å². The summed E-state index contributed by atoms with van der Waals surface area (Å²) in [5.74, 6) is 4.87. The lowest BCUT2D eigenvalue weighted by Crippen LogP contribution is -2.46. The zero-order chi connectivity index (χ0) is 19.7. The smallest absolute Gasteiger partial charge is 0.0578 e. The summed E-state index contributed by atoms with van der Waals surface area (Å²) in [6, 6.07) is 0. The lowest BCUT2D eigenvalue weighted by atomic mass is 9.50. The van der Waals surface area contributed by atoms with E-state index in [0.717, 1.165) is 48.3 Å². The highest BCUT2D eigenvalue weighted by Gasteiger charge is 2.56. The van der Waals surface area contributed by atoms with Gasteiger partial charge in [0.15, 0.2) is 0 Å². The molecule has 0 heterocycles. The Morgan fingerprint density at radius 3 is 2.61 bits per heavy atom. The van der Waals surface area contributed by atoms with Crippen molar-refractivity contribution in [2.45, 2.75) is 85.2 Å². The minimum atomic E-state index is -0.110. The Bertz CT molecular complexity index is 729. The molecule has 5 aliphatic carbocycles. The molecule has 5 aliphatic rings. The molecule has 4 saturated carbocycles. The monoisotopic (exact) mass is 380 g/mol. The van der Waals surface area contributed by atoms with Crippen LogP contribution in [0.1, 0.15) is 79.1 Å². The molecule has 154 valence electrons. The minimum Gasteiger partial charge on any atom is -0.393 e. The second kappa shape index (κ2) is 6.59. The van der Waals surface area contributed by atoms with Crippen molar-refractivity contribution >= 4 is 0 Å². The molecular weight excluding hydrogens is 340 g/mol. The third kappa shape index (κ3) is 2.83. The normalized spacial score (nSPS) is 51.0. The van der Waals surface area contributed by atoms with Crippen LogP contribution in [0, 0.1) is 46.3 Å². The van der Waals surface area contributed by atoms with Crippen molar-refractivity contribution < 1.29 is 5.11 Å². The Balaban J connectivity index is 1.39. The van der Waals surface area contributed by atoms with Crippen molar-refractivity contribution in [3.05, 3.63) is 35.5 Å². The number of hydrogen-bond donors (Lipinski definition) is 1. The number of hydrogen-bond acceptors (Lipinski definition) is 1. The Kier molecular flexibility index (Phi) is 4.51. The summed E-state index contributed by atoms with van der Waals surface area (Å²) in [4.78, 5) is 0. The van der Waals surface area contributed by atoms with Crippen LogP contribution in [0.5, 0.6) is 0 Å². The molecule has 5 rings (SSSR count). The molecule has 4 fully saturated rings. The molecule has 0 aromatic rings. The van der Waals surface area contributed by atoms with Gasteiger partial charge in [0.05, 0.1) is 6.10 Å². The first kappa shape index (κ1) is 19.2. The molecule has 0 bridgehead atoms. The summed E-state index contributed by atoms with van der Waals surface area (Å²) in [6.45, 7) is 10.0. The van der Waals surface area contributed by atoms with Gasteiger partial charge in [-0.3, -0.25) is 0 Å². The molecule has 0 aromatic heterocycles. The standard InChI is InChI=1S/C27H40O/c1-17(5-6-19-15-18(19)2)23-9-10-24-22-8-7-20-16-21(28)11-13-26(20,3)25(22)12-14-27(23,24)4/h5-8,17-19,21,23-25,28H,9-16H2,1-4H3/b6-5+/t17-,18?,19?,21+,23?,24?,25?,26?,27?/m1/s1. The van der Waals surface area contributed by atoms with E-state index < -0.39 is 0 Å². The van der Waals surface area contributed by atoms with Gasteiger partial charge in [0.1, 0.15) is 0 Å². The quantitative estimate of drug-likeness (QED) is 0.540. The highest BCUT2D eigenvalue weighted by atomic mass is 16.3. The van der Waals surface area contributed by atoms with Crippen LogP contribution in [0.2, 0.25) is 0 Å². The second-order valence-electron chi connectivity index (χ2n) is 11.6. The number of aliphatic hydroxyl groups is 1. The predicted octanol–water partition coefficient (Wildman–Crippen LogP) is 6.69. The molecule has 7 unspecified atom stereocenters. The summed E-state index contributed by atoms with van der Waals surface area (Å²) in [5.41, 5.74) is 4.12. The van der Waals surface area contributed by atoms with Gasteiger partial charge in [-0.15, -0.1) is 0 Å². The van der Waals surface area contributed by atoms with Crippen molar-refractivity contribution in [2.75, 3.05) is 0 Å². The van der Waals surface area contributed by atoms with E-state index in [0.29, 0.717) is 10.8 Å². The zero-order valence-corrected chi connectivity index (χ0v) is 18.5. The van der Waals surface area contributed by atoms with Crippen LogP contribution in [-0.4, -0.2) is 11.2 Å². The van der Waals surface area contributed by atoms with Crippen molar-refractivity contribution in [3.8, 4) is 0 Å². The summed E-state index contributed by atoms with van der Waals surface area (Å²) in [7, 11) is 0. The van der Waals surface area contributed by atoms with E-state index in [9.17, 15) is 5.11 Å². The average Bonchev–Trinajstić information content (AvgIpc) is 3.25. The number of allylic oxidation sites excluding steroid dienone is 5. The Morgan fingerprint density at radius 2 is 1.86 bits per heavy atom. The van der Waals surface area contributed by atoms with Crippen LogP contribution in [-0.2, 0) is 0 Å². The van der Waals surface area contributed by atoms with Crippen LogP contribution >= 0.6 is 0 Å². The van der Waals surface area contributed by atoms with Gasteiger partial charge < -0.3 is 5.11 Å². The van der Waals surface area contributed by atoms with Crippen molar-refractivity contribution in [1.82, 2.24) is 0 Å². The van der Waals surface area contributed by atoms with Gasteiger partial charge in [0, 0.05) is 0 Å². The Morgan fingerprint density at radius 1 is 1.07 bits per heavy atom. The first-order valence-electron chi connectivity index (χ1n) is 12.1. The van der Waals surface area contributed by atoms with Gasteiger partial charge in [-0.05, 0) is 97.7 Å². The van der Waals surface area contributed by atoms with Crippen molar-refractivity contribution in [2.24, 2.45) is 46.3 Å². The third-order valence-electron chi connectivity index (χ3n) is 10.1. The van der Waals surface area contributed by atoms with Crippen LogP contribution in [0.4, 0.5) is 0 Å². The van der Waals surface area contributed by atoms with Crippen LogP contribution in [0.25, 0.3) is 0 Å². The molecule has 0 saturated heterocycles. The van der Waals surface area contributed by atoms with Gasteiger partial charge in [0.25, 0.3) is 0 Å². The van der Waals surface area contributed by atoms with Gasteiger partial charge in [0.2, 0.25) is 0 Å². The molecule has 0 spiro atoms. The summed E-state index contributed by atoms with van der Waals surface area (Å²) < 4.78 is 0. The topological polar surface area (TPSA) is 20.2 Å². The molecule has 0 aromatic carbocycles. The van der Waals surface area contributed by atoms with Crippen LogP contribution in [0.15, 0.2) is 35.5 Å². The van der Waals surface area contributed by atoms with Gasteiger partial charge in [-0.2, -0.15) is 0 Å². The number of aliphatic hydroxyl groups excluding tert-OH is 1. The highest BCUT2D eigenvalue weighted by molar-refractivity contribution is 5.39. The Hall–Kier alpha value is -0.820. The molecule has 1 nitrogen and oxygen atoms in total. The van der Waals surface area contributed by atoms with E-state index in [4.69, 9.17) is 0 Å². The maximum absolute atomic E-state index is 10.2. The van der Waals surface area contributed by atoms with Crippen molar-refractivity contribution in [1.29, 1.82) is 0 Å². The molecule has 0 aliphatic heterocycles. The van der Waals surface area contributed by atoms with Gasteiger partial charge >= 0.3 is 0 Å². The van der Waals surface area contributed by atoms with E-state index in [2.05, 4.69) is 52.0 Å². The van der Waals surface area contributed by atoms with E-state index >= 15 is 0 Å². The van der Waals surface area contributed by atoms with Gasteiger partial charge in [-0.1, -0.05) is 63.1 Å². The molecular formula is C27H40O. The largest absolute Gasteiger partial charge is 0.393 e. The van der Waals surface area contributed by atoms with Crippen molar-refractivity contribution in [3.63, 3.8) is 0 Å². The molecule has 28 heavy (non-hydrogen) atoms. The fraction of sp³-hybridized carbons (Fsp3) is 0.778. The maximum atomic E-state index is 10.2. The SMILES string of the molecule is CC1CC1/C=C/[C@@H](C)C1CCC2C3=CC=C4C[C@@H](O)CCC4(C)C3CCC21C. The highest BCUT2D eigenvalue weighted by Crippen LogP contribution is 2.66. The third-order valence-corrected chi connectivity index (χ3v) is 10.1. The maximum Gasteiger partial charge on any atom is 0.0578 e. The molecule has 1 N–H and O–H groups in total. The first-order valence-corrected chi connectivity index (χ1v) is 12.1. The summed E-state index contributed by atoms with van der Waals surface area (Å²) in [6.07, 6.45) is 20.0. The Labute approximate surface area is 172 Å². The van der Waals surface area contributed by atoms with Gasteiger partial charge in [-0.25, -0.2) is 0 Å². The number of fused-ring (bicyclic) bond motifs is 5. The average molecular weight is 381 g/mol. The molecule has 0 amide bonds. The first-order chi connectivity index (χ1) is 13.3. The lowest BCUT2D eigenvalue weighted by molar-refractivity contribution is 0.0383. The molecule has 1 heteroatoms. The minimum absolute atomic E-state index is 0.110. The fourth-order valence-corrected chi connectivity index (χ4v) is 7.96. The number of rotatable bonds is 3. The zero-order valence-electron chi connectivity index (χ0n) is 18.5. The summed E-state index contributed by atoms with van der Waals surface area (Å²) in [5, 5.41) is 10.2. The lowest BCUT2D eigenvalue weighted by Gasteiger charge is -2.55. The van der Waals surface area contributed by atoms with E-state index in [-0.39, 0.29) is 6.10 Å². The van der Waals surface area contributed by atoms with Crippen LogP contribution < -0.4 is 0 Å². The molecule has 9 atom stereocenters. The predicted molar refractivity (Wildman–Crippen MR) is 117 cm³/mol. The fourth-order valence-electron chi connectivity index (χ4n) is 7.96.